The molecule has 3 aromatic carbocycles. The van der Waals surface area contributed by atoms with Crippen LogP contribution in [0, 0.1) is 11.3 Å². The van der Waals surface area contributed by atoms with Crippen molar-refractivity contribution in [3.63, 3.8) is 0 Å². The van der Waals surface area contributed by atoms with Gasteiger partial charge in [0.1, 0.15) is 11.8 Å². The number of rotatable bonds is 1. The van der Waals surface area contributed by atoms with E-state index in [0.29, 0.717) is 11.5 Å². The predicted molar refractivity (Wildman–Crippen MR) is 96.8 cm³/mol. The highest BCUT2D eigenvalue weighted by molar-refractivity contribution is 6.23. The molecular formula is C20H11N5. The summed E-state index contributed by atoms with van der Waals surface area (Å²) in [6, 6.07) is 18.5. The molecule has 0 atom stereocenters. The molecule has 1 N–H and O–H groups in total. The van der Waals surface area contributed by atoms with Gasteiger partial charge in [0.25, 0.3) is 0 Å². The largest absolute Gasteiger partial charge is 0.336 e. The lowest BCUT2D eigenvalue weighted by Crippen LogP contribution is -1.93. The molecule has 5 rings (SSSR count). The Morgan fingerprint density at radius 3 is 2.20 bits per heavy atom. The van der Waals surface area contributed by atoms with Gasteiger partial charge in [-0.25, -0.2) is 15.0 Å². The Balaban J connectivity index is 1.97. The summed E-state index contributed by atoms with van der Waals surface area (Å²) in [7, 11) is 0. The fraction of sp³-hybridized carbons (Fsp3) is 0. The van der Waals surface area contributed by atoms with Gasteiger partial charge in [-0.2, -0.15) is 5.26 Å². The van der Waals surface area contributed by atoms with Gasteiger partial charge in [0.2, 0.25) is 0 Å². The summed E-state index contributed by atoms with van der Waals surface area (Å²) in [6.07, 6.45) is 3.08. The number of aromatic nitrogens is 4. The van der Waals surface area contributed by atoms with E-state index in [1.807, 2.05) is 24.3 Å². The van der Waals surface area contributed by atoms with Gasteiger partial charge in [0.05, 0.1) is 11.0 Å². The Labute approximate surface area is 142 Å². The number of nitriles is 1. The van der Waals surface area contributed by atoms with E-state index in [-0.39, 0.29) is 5.69 Å². The number of aromatic amines is 1. The second-order valence-corrected chi connectivity index (χ2v) is 5.77. The van der Waals surface area contributed by atoms with Gasteiger partial charge in [0, 0.05) is 23.2 Å². The van der Waals surface area contributed by atoms with E-state index in [2.05, 4.69) is 45.3 Å². The highest BCUT2D eigenvalue weighted by Gasteiger charge is 2.16. The molecule has 0 bridgehead atoms. The Morgan fingerprint density at radius 1 is 0.800 bits per heavy atom. The molecule has 0 aliphatic carbocycles. The molecule has 0 amide bonds. The van der Waals surface area contributed by atoms with Crippen molar-refractivity contribution >= 4 is 32.6 Å². The van der Waals surface area contributed by atoms with Crippen LogP contribution in [0.2, 0.25) is 0 Å². The van der Waals surface area contributed by atoms with Crippen LogP contribution in [0.25, 0.3) is 44.1 Å². The molecule has 5 aromatic rings. The lowest BCUT2D eigenvalue weighted by Gasteiger charge is -2.05. The molecule has 2 heterocycles. The third kappa shape index (κ3) is 1.91. The van der Waals surface area contributed by atoms with Crippen molar-refractivity contribution in [2.24, 2.45) is 0 Å². The number of hydrogen-bond donors (Lipinski definition) is 1. The van der Waals surface area contributed by atoms with E-state index < -0.39 is 0 Å². The van der Waals surface area contributed by atoms with Crippen LogP contribution in [0.4, 0.5) is 0 Å². The molecule has 25 heavy (non-hydrogen) atoms. The summed E-state index contributed by atoms with van der Waals surface area (Å²) in [4.78, 5) is 16.5. The highest BCUT2D eigenvalue weighted by Crippen LogP contribution is 2.34. The minimum atomic E-state index is 0.259. The third-order valence-electron chi connectivity index (χ3n) is 4.40. The minimum Gasteiger partial charge on any atom is -0.336 e. The maximum absolute atomic E-state index is 9.30. The lowest BCUT2D eigenvalue weighted by atomic mass is 10.0. The van der Waals surface area contributed by atoms with Gasteiger partial charge in [-0.15, -0.1) is 0 Å². The first kappa shape index (κ1) is 13.6. The average molecular weight is 321 g/mol. The van der Waals surface area contributed by atoms with E-state index in [1.54, 1.807) is 6.20 Å². The molecule has 0 radical (unpaired) electrons. The predicted octanol–water partition coefficient (Wildman–Crippen LogP) is 4.20. The third-order valence-corrected chi connectivity index (χ3v) is 4.40. The van der Waals surface area contributed by atoms with E-state index in [9.17, 15) is 5.26 Å². The first-order valence-electron chi connectivity index (χ1n) is 7.87. The van der Waals surface area contributed by atoms with Crippen LogP contribution in [-0.4, -0.2) is 19.9 Å². The summed E-state index contributed by atoms with van der Waals surface area (Å²) in [6.45, 7) is 0. The summed E-state index contributed by atoms with van der Waals surface area (Å²) < 4.78 is 0. The summed E-state index contributed by atoms with van der Waals surface area (Å²) >= 11 is 0. The smallest absolute Gasteiger partial charge is 0.170 e. The van der Waals surface area contributed by atoms with Crippen LogP contribution in [0.3, 0.4) is 0 Å². The Bertz CT molecular complexity index is 1240. The van der Waals surface area contributed by atoms with E-state index in [0.717, 1.165) is 27.2 Å². The van der Waals surface area contributed by atoms with Gasteiger partial charge in [0.15, 0.2) is 11.5 Å². The molecule has 0 aliphatic rings. The SMILES string of the molecule is N#Cc1nccnc1-c1nc2c3ccccc3c3ccccc3c2[nH]1. The van der Waals surface area contributed by atoms with Crippen molar-refractivity contribution in [2.45, 2.75) is 0 Å². The molecule has 5 nitrogen and oxygen atoms in total. The van der Waals surface area contributed by atoms with Crippen molar-refractivity contribution in [2.75, 3.05) is 0 Å². The van der Waals surface area contributed by atoms with Crippen LogP contribution in [0.15, 0.2) is 60.9 Å². The standard InChI is InChI=1S/C20H11N5/c21-11-16-19(23-10-9-22-16)20-24-17-14-7-3-1-5-12(14)13-6-2-4-8-15(13)18(17)25-20/h1-10H,(H,24,25). The van der Waals surface area contributed by atoms with E-state index in [1.165, 1.54) is 11.6 Å². The van der Waals surface area contributed by atoms with Gasteiger partial charge in [-0.1, -0.05) is 48.5 Å². The van der Waals surface area contributed by atoms with Gasteiger partial charge in [-0.05, 0) is 10.8 Å². The van der Waals surface area contributed by atoms with Crippen LogP contribution in [-0.2, 0) is 0 Å². The zero-order valence-corrected chi connectivity index (χ0v) is 13.1. The van der Waals surface area contributed by atoms with Crippen molar-refractivity contribution < 1.29 is 0 Å². The van der Waals surface area contributed by atoms with Gasteiger partial charge in [-0.3, -0.25) is 0 Å². The Hall–Kier alpha value is -3.78. The van der Waals surface area contributed by atoms with Gasteiger partial charge < -0.3 is 4.98 Å². The van der Waals surface area contributed by atoms with Crippen LogP contribution >= 0.6 is 0 Å². The van der Waals surface area contributed by atoms with Gasteiger partial charge >= 0.3 is 0 Å². The van der Waals surface area contributed by atoms with Crippen LogP contribution in [0.1, 0.15) is 5.69 Å². The zero-order valence-electron chi connectivity index (χ0n) is 13.1. The molecule has 0 saturated carbocycles. The fourth-order valence-corrected chi connectivity index (χ4v) is 3.33. The molecule has 0 unspecified atom stereocenters. The second kappa shape index (κ2) is 5.11. The second-order valence-electron chi connectivity index (χ2n) is 5.77. The maximum atomic E-state index is 9.30. The normalized spacial score (nSPS) is 11.2. The van der Waals surface area contributed by atoms with Crippen LogP contribution < -0.4 is 0 Å². The van der Waals surface area contributed by atoms with Crippen LogP contribution in [0.5, 0.6) is 0 Å². The van der Waals surface area contributed by atoms with Crippen molar-refractivity contribution in [3.05, 3.63) is 66.6 Å². The first-order chi connectivity index (χ1) is 12.4. The van der Waals surface area contributed by atoms with E-state index >= 15 is 0 Å². The molecule has 0 fully saturated rings. The average Bonchev–Trinajstić information content (AvgIpc) is 3.14. The number of imidazole rings is 1. The molecular weight excluding hydrogens is 310 g/mol. The lowest BCUT2D eigenvalue weighted by molar-refractivity contribution is 1.14. The highest BCUT2D eigenvalue weighted by atomic mass is 15.0. The summed E-state index contributed by atoms with van der Waals surface area (Å²) in [5.41, 5.74) is 2.54. The molecule has 0 spiro atoms. The number of nitrogens with one attached hydrogen (secondary N) is 1. The number of benzene rings is 3. The quantitative estimate of drug-likeness (QED) is 0.469. The number of nitrogens with zero attached hydrogens (tertiary/aromatic N) is 4. The Morgan fingerprint density at radius 2 is 1.44 bits per heavy atom. The Kier molecular flexibility index (Phi) is 2.79. The van der Waals surface area contributed by atoms with Crippen molar-refractivity contribution in [1.29, 1.82) is 5.26 Å². The summed E-state index contributed by atoms with van der Waals surface area (Å²) in [5, 5.41) is 13.8. The van der Waals surface area contributed by atoms with Crippen molar-refractivity contribution in [3.8, 4) is 17.6 Å². The molecule has 5 heteroatoms. The fourth-order valence-electron chi connectivity index (χ4n) is 3.33. The molecule has 116 valence electrons. The van der Waals surface area contributed by atoms with Crippen molar-refractivity contribution in [1.82, 2.24) is 19.9 Å². The number of hydrogen-bond acceptors (Lipinski definition) is 4. The molecule has 0 aliphatic heterocycles. The number of fused-ring (bicyclic) bond motifs is 6. The zero-order chi connectivity index (χ0) is 16.8. The minimum absolute atomic E-state index is 0.259. The first-order valence-corrected chi connectivity index (χ1v) is 7.87. The maximum Gasteiger partial charge on any atom is 0.170 e. The number of H-pyrrole nitrogens is 1. The monoisotopic (exact) mass is 321 g/mol. The molecule has 2 aromatic heterocycles. The molecule has 0 saturated heterocycles. The van der Waals surface area contributed by atoms with E-state index in [4.69, 9.17) is 4.98 Å². The summed E-state index contributed by atoms with van der Waals surface area (Å²) in [5.74, 6) is 0.557. The topological polar surface area (TPSA) is 78.2 Å².